The molecule has 174 valence electrons. The summed E-state index contributed by atoms with van der Waals surface area (Å²) < 4.78 is 1.57. The number of carbonyl (C=O) groups is 1. The molecule has 8 heteroatoms. The lowest BCUT2D eigenvalue weighted by Gasteiger charge is -2.50. The van der Waals surface area contributed by atoms with Crippen molar-refractivity contribution in [3.63, 3.8) is 0 Å². The molecule has 2 aromatic rings. The second-order valence-corrected chi connectivity index (χ2v) is 10.8. The Morgan fingerprint density at radius 1 is 1.25 bits per heavy atom. The molecule has 1 saturated carbocycles. The third-order valence-electron chi connectivity index (χ3n) is 7.50. The Bertz CT molecular complexity index is 1020. The highest BCUT2D eigenvalue weighted by atomic mass is 79.9. The minimum absolute atomic E-state index is 0.145. The molecule has 1 aliphatic rings. The van der Waals surface area contributed by atoms with E-state index >= 15 is 0 Å². The quantitative estimate of drug-likeness (QED) is 0.553. The molecule has 1 aromatic heterocycles. The number of rotatable bonds is 6. The maximum absolute atomic E-state index is 12.8. The molecule has 0 radical (unpaired) electrons. The summed E-state index contributed by atoms with van der Waals surface area (Å²) >= 11 is 9.30. The summed E-state index contributed by atoms with van der Waals surface area (Å²) in [5.41, 5.74) is 1.54. The third-order valence-corrected chi connectivity index (χ3v) is 8.51. The zero-order chi connectivity index (χ0) is 23.6. The zero-order valence-electron chi connectivity index (χ0n) is 19.3. The first-order valence-electron chi connectivity index (χ1n) is 11.0. The van der Waals surface area contributed by atoms with E-state index in [0.717, 1.165) is 12.0 Å². The smallest absolute Gasteiger partial charge is 0.283 e. The van der Waals surface area contributed by atoms with Gasteiger partial charge in [-0.05, 0) is 63.2 Å². The number of nitrogens with one attached hydrogen (secondary N) is 2. The zero-order valence-corrected chi connectivity index (χ0v) is 21.6. The van der Waals surface area contributed by atoms with Crippen LogP contribution in [0.3, 0.4) is 0 Å². The number of amides is 1. The topological polar surface area (TPSA) is 76.0 Å². The van der Waals surface area contributed by atoms with Crippen LogP contribution in [-0.2, 0) is 17.9 Å². The van der Waals surface area contributed by atoms with Gasteiger partial charge in [0.2, 0.25) is 5.91 Å². The van der Waals surface area contributed by atoms with E-state index in [1.54, 1.807) is 18.3 Å². The average Bonchev–Trinajstić information content (AvgIpc) is 2.75. The van der Waals surface area contributed by atoms with E-state index in [1.165, 1.54) is 4.68 Å². The molecule has 2 N–H and O–H groups in total. The van der Waals surface area contributed by atoms with Gasteiger partial charge in [-0.1, -0.05) is 58.4 Å². The second kappa shape index (κ2) is 9.96. The molecule has 0 bridgehead atoms. The maximum Gasteiger partial charge on any atom is 0.283 e. The molecule has 0 aliphatic heterocycles. The van der Waals surface area contributed by atoms with Gasteiger partial charge in [0.1, 0.15) is 11.0 Å². The van der Waals surface area contributed by atoms with Gasteiger partial charge in [-0.15, -0.1) is 0 Å². The van der Waals surface area contributed by atoms with Gasteiger partial charge in [0, 0.05) is 17.6 Å². The largest absolute Gasteiger partial charge is 0.380 e. The van der Waals surface area contributed by atoms with Crippen LogP contribution >= 0.6 is 27.5 Å². The Hall–Kier alpha value is -1.86. The van der Waals surface area contributed by atoms with Crippen molar-refractivity contribution in [1.82, 2.24) is 15.1 Å². The highest BCUT2D eigenvalue weighted by Gasteiger charge is 2.43. The molecular formula is C24H32BrClN4O2. The van der Waals surface area contributed by atoms with E-state index in [0.29, 0.717) is 39.5 Å². The van der Waals surface area contributed by atoms with Gasteiger partial charge in [0.25, 0.3) is 5.56 Å². The number of carbonyl (C=O) groups excluding carboxylic acids is 1. The van der Waals surface area contributed by atoms with Crippen molar-refractivity contribution in [2.45, 2.75) is 60.2 Å². The highest BCUT2D eigenvalue weighted by Crippen LogP contribution is 2.48. The maximum atomic E-state index is 12.8. The minimum atomic E-state index is -0.332. The van der Waals surface area contributed by atoms with E-state index < -0.39 is 0 Å². The fourth-order valence-corrected chi connectivity index (χ4v) is 4.98. The predicted molar refractivity (Wildman–Crippen MR) is 133 cm³/mol. The molecule has 1 aliphatic carbocycles. The minimum Gasteiger partial charge on any atom is -0.380 e. The molecule has 32 heavy (non-hydrogen) atoms. The molecule has 6 nitrogen and oxygen atoms in total. The summed E-state index contributed by atoms with van der Waals surface area (Å²) in [6.07, 6.45) is 2.65. The molecular weight excluding hydrogens is 492 g/mol. The van der Waals surface area contributed by atoms with Gasteiger partial charge < -0.3 is 10.6 Å². The van der Waals surface area contributed by atoms with Crippen molar-refractivity contribution in [1.29, 1.82) is 0 Å². The molecule has 0 unspecified atom stereocenters. The normalized spacial score (nSPS) is 24.7. The van der Waals surface area contributed by atoms with Crippen molar-refractivity contribution < 1.29 is 4.79 Å². The van der Waals surface area contributed by atoms with E-state index in [2.05, 4.69) is 66.3 Å². The van der Waals surface area contributed by atoms with Gasteiger partial charge in [-0.3, -0.25) is 9.59 Å². The van der Waals surface area contributed by atoms with E-state index in [4.69, 9.17) is 11.6 Å². The van der Waals surface area contributed by atoms with Crippen LogP contribution in [0.1, 0.15) is 46.6 Å². The molecule has 4 atom stereocenters. The number of anilines is 1. The number of hydrogen-bond donors (Lipinski definition) is 2. The van der Waals surface area contributed by atoms with Crippen molar-refractivity contribution in [2.24, 2.45) is 23.2 Å². The average molecular weight is 524 g/mol. The summed E-state index contributed by atoms with van der Waals surface area (Å²) in [4.78, 5) is 25.1. The van der Waals surface area contributed by atoms with Crippen LogP contribution in [0.5, 0.6) is 0 Å². The van der Waals surface area contributed by atoms with Crippen LogP contribution in [0.25, 0.3) is 0 Å². The van der Waals surface area contributed by atoms with Crippen molar-refractivity contribution >= 4 is 39.1 Å². The summed E-state index contributed by atoms with van der Waals surface area (Å²) in [6.45, 7) is 11.8. The Labute approximate surface area is 203 Å². The summed E-state index contributed by atoms with van der Waals surface area (Å²) in [5.74, 6) is 1.27. The van der Waals surface area contributed by atoms with Gasteiger partial charge in [0.05, 0.1) is 11.9 Å². The summed E-state index contributed by atoms with van der Waals surface area (Å²) in [5, 5.41) is 11.2. The Morgan fingerprint density at radius 3 is 2.56 bits per heavy atom. The van der Waals surface area contributed by atoms with E-state index in [9.17, 15) is 9.59 Å². The van der Waals surface area contributed by atoms with E-state index in [1.807, 2.05) is 12.1 Å². The number of aromatic nitrogens is 2. The van der Waals surface area contributed by atoms with Crippen LogP contribution in [0, 0.1) is 23.2 Å². The predicted octanol–water partition coefficient (Wildman–Crippen LogP) is 5.09. The molecule has 1 heterocycles. The Kier molecular flexibility index (Phi) is 7.71. The van der Waals surface area contributed by atoms with Crippen LogP contribution in [-0.4, -0.2) is 21.7 Å². The molecule has 1 amide bonds. The lowest BCUT2D eigenvalue weighted by Crippen LogP contribution is -2.48. The Morgan fingerprint density at radius 2 is 1.91 bits per heavy atom. The first-order chi connectivity index (χ1) is 15.0. The molecule has 0 spiro atoms. The van der Waals surface area contributed by atoms with E-state index in [-0.39, 0.29) is 29.5 Å². The van der Waals surface area contributed by atoms with Crippen molar-refractivity contribution in [3.8, 4) is 0 Å². The van der Waals surface area contributed by atoms with Gasteiger partial charge >= 0.3 is 0 Å². The van der Waals surface area contributed by atoms with Crippen LogP contribution in [0.15, 0.2) is 39.7 Å². The van der Waals surface area contributed by atoms with Crippen molar-refractivity contribution in [2.75, 3.05) is 5.32 Å². The SMILES string of the molecule is C[C@@H]1[C@@H](C)C(C)(C)[C@@H](C)C[C@H]1Nc1cnn(CC(=O)NCc2ccc(Cl)cc2)c(=O)c1Br. The number of nitrogens with zero attached hydrogens (tertiary/aromatic N) is 2. The first-order valence-corrected chi connectivity index (χ1v) is 12.2. The molecule has 1 fully saturated rings. The monoisotopic (exact) mass is 522 g/mol. The van der Waals surface area contributed by atoms with Gasteiger partial charge in [0.15, 0.2) is 0 Å². The molecule has 1 aromatic carbocycles. The molecule has 3 rings (SSSR count). The fraction of sp³-hybridized carbons (Fsp3) is 0.542. The number of hydrogen-bond acceptors (Lipinski definition) is 4. The van der Waals surface area contributed by atoms with Crippen molar-refractivity contribution in [3.05, 3.63) is 55.9 Å². The summed E-state index contributed by atoms with van der Waals surface area (Å²) in [7, 11) is 0. The van der Waals surface area contributed by atoms with Gasteiger partial charge in [-0.2, -0.15) is 5.10 Å². The third kappa shape index (κ3) is 5.37. The first kappa shape index (κ1) is 24.8. The van der Waals surface area contributed by atoms with Crippen LogP contribution in [0.2, 0.25) is 5.02 Å². The fourth-order valence-electron chi connectivity index (χ4n) is 4.44. The van der Waals surface area contributed by atoms with Crippen LogP contribution < -0.4 is 16.2 Å². The standard InChI is InChI=1S/C24H32BrClN4O2/c1-14-10-19(15(2)16(3)24(14,4)5)29-20-12-28-30(23(32)22(20)25)13-21(31)27-11-17-6-8-18(26)9-7-17/h6-9,12,14-16,19,29H,10-11,13H2,1-5H3,(H,27,31)/t14-,15+,16+,19+/m0/s1. The Balaban J connectivity index is 1.65. The molecule has 0 saturated heterocycles. The van der Waals surface area contributed by atoms with Gasteiger partial charge in [-0.25, -0.2) is 4.68 Å². The number of halogens is 2. The lowest BCUT2D eigenvalue weighted by molar-refractivity contribution is -0.122. The second-order valence-electron chi connectivity index (χ2n) is 9.59. The van der Waals surface area contributed by atoms with Crippen LogP contribution in [0.4, 0.5) is 5.69 Å². The lowest BCUT2D eigenvalue weighted by atomic mass is 9.58. The highest BCUT2D eigenvalue weighted by molar-refractivity contribution is 9.10. The summed E-state index contributed by atoms with van der Waals surface area (Å²) in [6, 6.07) is 7.49. The number of benzene rings is 1.